The zero-order valence-electron chi connectivity index (χ0n) is 35.9. The SMILES string of the molecule is CC[C@H](C)[C@H](NC(=O)[C@H]1CCCN1C[C@H](O)[C@H](CC(C)C)NC(=O)[C@H](CC(N)=O)NC(=O)[C@H](CC(C)C)NC(=O)[C@H](CO)NC(C)=O)C(=O)N[C@H](C(=O)OC)C(C)C. The lowest BCUT2D eigenvalue weighted by molar-refractivity contribution is -0.147. The van der Waals surface area contributed by atoms with Crippen molar-refractivity contribution >= 4 is 47.3 Å². The average molecular weight is 827 g/mol. The summed E-state index contributed by atoms with van der Waals surface area (Å²) in [6.07, 6.45) is 0.174. The van der Waals surface area contributed by atoms with Gasteiger partial charge in [0, 0.05) is 13.5 Å². The number of nitrogens with one attached hydrogen (secondary N) is 6. The Labute approximate surface area is 342 Å². The van der Waals surface area contributed by atoms with Crippen LogP contribution in [0.1, 0.15) is 101 Å². The van der Waals surface area contributed by atoms with E-state index in [-0.39, 0.29) is 43.1 Å². The first-order valence-corrected chi connectivity index (χ1v) is 20.2. The molecule has 0 bridgehead atoms. The molecule has 58 heavy (non-hydrogen) atoms. The topological polar surface area (TPSA) is 288 Å². The lowest BCUT2D eigenvalue weighted by atomic mass is 9.96. The normalized spacial score (nSPS) is 18.5. The monoisotopic (exact) mass is 827 g/mol. The molecule has 1 rings (SSSR count). The van der Waals surface area contributed by atoms with Crippen molar-refractivity contribution in [2.75, 3.05) is 26.8 Å². The summed E-state index contributed by atoms with van der Waals surface area (Å²) in [7, 11) is 1.23. The van der Waals surface area contributed by atoms with Gasteiger partial charge in [-0.3, -0.25) is 38.5 Å². The Morgan fingerprint density at radius 2 is 1.33 bits per heavy atom. The maximum absolute atomic E-state index is 13.8. The highest BCUT2D eigenvalue weighted by Gasteiger charge is 2.39. The second kappa shape index (κ2) is 25.2. The van der Waals surface area contributed by atoms with Crippen molar-refractivity contribution < 1.29 is 53.3 Å². The molecule has 19 nitrogen and oxygen atoms in total. The van der Waals surface area contributed by atoms with Crippen molar-refractivity contribution in [3.8, 4) is 0 Å². The van der Waals surface area contributed by atoms with Crippen LogP contribution in [0.25, 0.3) is 0 Å². The van der Waals surface area contributed by atoms with Crippen LogP contribution in [0.5, 0.6) is 0 Å². The van der Waals surface area contributed by atoms with Gasteiger partial charge in [-0.05, 0) is 55.9 Å². The highest BCUT2D eigenvalue weighted by Crippen LogP contribution is 2.21. The van der Waals surface area contributed by atoms with Gasteiger partial charge < -0.3 is 52.6 Å². The molecular formula is C39H70N8O11. The minimum atomic E-state index is -1.49. The average Bonchev–Trinajstić information content (AvgIpc) is 3.60. The van der Waals surface area contributed by atoms with Crippen molar-refractivity contribution in [1.82, 2.24) is 36.8 Å². The van der Waals surface area contributed by atoms with Crippen molar-refractivity contribution in [3.05, 3.63) is 0 Å². The number of primary amides is 1. The van der Waals surface area contributed by atoms with Crippen molar-refractivity contribution in [2.24, 2.45) is 29.4 Å². The summed E-state index contributed by atoms with van der Waals surface area (Å²) >= 11 is 0. The van der Waals surface area contributed by atoms with Gasteiger partial charge in [-0.1, -0.05) is 61.8 Å². The molecule has 0 aromatic carbocycles. The van der Waals surface area contributed by atoms with E-state index in [0.29, 0.717) is 25.8 Å². The molecule has 9 atom stereocenters. The van der Waals surface area contributed by atoms with Crippen LogP contribution >= 0.6 is 0 Å². The first-order valence-electron chi connectivity index (χ1n) is 20.2. The molecule has 0 radical (unpaired) electrons. The Kier molecular flexibility index (Phi) is 22.4. The summed E-state index contributed by atoms with van der Waals surface area (Å²) in [5.41, 5.74) is 5.46. The van der Waals surface area contributed by atoms with E-state index in [0.717, 1.165) is 6.92 Å². The number of hydrogen-bond donors (Lipinski definition) is 9. The van der Waals surface area contributed by atoms with Gasteiger partial charge in [-0.25, -0.2) is 4.79 Å². The van der Waals surface area contributed by atoms with E-state index in [2.05, 4.69) is 31.9 Å². The highest BCUT2D eigenvalue weighted by molar-refractivity contribution is 5.96. The third-order valence-corrected chi connectivity index (χ3v) is 10.1. The van der Waals surface area contributed by atoms with E-state index in [1.165, 1.54) is 7.11 Å². The third-order valence-electron chi connectivity index (χ3n) is 10.1. The van der Waals surface area contributed by atoms with E-state index in [9.17, 15) is 48.6 Å². The zero-order valence-corrected chi connectivity index (χ0v) is 35.9. The van der Waals surface area contributed by atoms with Gasteiger partial charge in [-0.15, -0.1) is 0 Å². The Bertz CT molecular complexity index is 1410. The molecule has 1 saturated heterocycles. The Hall–Kier alpha value is -4.36. The van der Waals surface area contributed by atoms with Crippen LogP contribution in [0, 0.1) is 23.7 Å². The molecule has 7 amide bonds. The van der Waals surface area contributed by atoms with Gasteiger partial charge in [-0.2, -0.15) is 0 Å². The van der Waals surface area contributed by atoms with Crippen molar-refractivity contribution in [1.29, 1.82) is 0 Å². The van der Waals surface area contributed by atoms with E-state index in [1.807, 2.05) is 27.7 Å². The fraction of sp³-hybridized carbons (Fsp3) is 0.795. The van der Waals surface area contributed by atoms with Crippen LogP contribution in [0.3, 0.4) is 0 Å². The van der Waals surface area contributed by atoms with Crippen LogP contribution in [0.4, 0.5) is 0 Å². The van der Waals surface area contributed by atoms with Gasteiger partial charge in [0.1, 0.15) is 30.2 Å². The predicted molar refractivity (Wildman–Crippen MR) is 214 cm³/mol. The third kappa shape index (κ3) is 17.2. The maximum Gasteiger partial charge on any atom is 0.328 e. The predicted octanol–water partition coefficient (Wildman–Crippen LogP) is -1.42. The number of carbonyl (C=O) groups is 8. The fourth-order valence-corrected chi connectivity index (χ4v) is 6.73. The first-order chi connectivity index (χ1) is 27.1. The molecule has 1 aliphatic rings. The molecular weight excluding hydrogens is 756 g/mol. The number of β-amino-alcohol motifs (C(OH)–C–C–N with tert-alkyl or cyclic N) is 1. The van der Waals surface area contributed by atoms with Gasteiger partial charge in [0.05, 0.1) is 38.3 Å². The second-order valence-corrected chi connectivity index (χ2v) is 16.4. The molecule has 1 fully saturated rings. The number of ether oxygens (including phenoxy) is 1. The quantitative estimate of drug-likeness (QED) is 0.0480. The molecule has 332 valence electrons. The van der Waals surface area contributed by atoms with Gasteiger partial charge in [0.25, 0.3) is 0 Å². The Morgan fingerprint density at radius 1 is 0.759 bits per heavy atom. The number of nitrogens with two attached hydrogens (primary N) is 1. The molecule has 1 heterocycles. The molecule has 0 saturated carbocycles. The fourth-order valence-electron chi connectivity index (χ4n) is 6.73. The molecule has 0 unspecified atom stereocenters. The summed E-state index contributed by atoms with van der Waals surface area (Å²) in [5.74, 6) is -6.22. The van der Waals surface area contributed by atoms with Gasteiger partial charge in [0.2, 0.25) is 41.4 Å². The molecule has 1 aliphatic heterocycles. The summed E-state index contributed by atoms with van der Waals surface area (Å²) in [4.78, 5) is 105. The molecule has 0 spiro atoms. The van der Waals surface area contributed by atoms with Gasteiger partial charge in [0.15, 0.2) is 0 Å². The zero-order chi connectivity index (χ0) is 44.4. The standard InChI is InChI=1S/C39H70N8O11/c1-11-23(8)33(38(56)45-32(22(6)7)39(57)58-10)46-37(55)29-13-12-14-47(29)18-30(50)25(15-20(2)3)42-35(53)27(17-31(40)51)44-34(52)26(16-21(4)5)43-36(54)28(19-48)41-24(9)49/h20-23,25-30,32-33,48,50H,11-19H2,1-10H3,(H2,40,51)(H,41,49)(H,42,53)(H,43,54)(H,44,52)(H,45,56)(H,46,55)/t23-,25-,26-,27-,28-,29+,30-,32-,33-/m0/s1. The number of rotatable bonds is 25. The summed E-state index contributed by atoms with van der Waals surface area (Å²) in [6.45, 7) is 15.4. The largest absolute Gasteiger partial charge is 0.467 e. The lowest BCUT2D eigenvalue weighted by Gasteiger charge is -2.33. The summed E-state index contributed by atoms with van der Waals surface area (Å²) in [5, 5.41) is 36.8. The number of carbonyl (C=O) groups excluding carboxylic acids is 8. The Morgan fingerprint density at radius 3 is 1.83 bits per heavy atom. The van der Waals surface area contributed by atoms with Crippen molar-refractivity contribution in [3.63, 3.8) is 0 Å². The number of aliphatic hydroxyl groups excluding tert-OH is 2. The number of hydrogen-bond acceptors (Lipinski definition) is 12. The van der Waals surface area contributed by atoms with Gasteiger partial charge >= 0.3 is 5.97 Å². The summed E-state index contributed by atoms with van der Waals surface area (Å²) in [6, 6.07) is -7.52. The number of amides is 7. The second-order valence-electron chi connectivity index (χ2n) is 16.4. The lowest BCUT2D eigenvalue weighted by Crippen LogP contribution is -2.60. The minimum absolute atomic E-state index is 0.0371. The molecule has 0 aromatic rings. The molecule has 0 aliphatic carbocycles. The van der Waals surface area contributed by atoms with Crippen molar-refractivity contribution in [2.45, 2.75) is 149 Å². The maximum atomic E-state index is 13.8. The van der Waals surface area contributed by atoms with E-state index >= 15 is 0 Å². The van der Waals surface area contributed by atoms with Crippen LogP contribution < -0.4 is 37.6 Å². The van der Waals surface area contributed by atoms with Crippen LogP contribution in [0.15, 0.2) is 0 Å². The number of likely N-dealkylation sites (tertiary alicyclic amines) is 1. The summed E-state index contributed by atoms with van der Waals surface area (Å²) < 4.78 is 4.85. The smallest absolute Gasteiger partial charge is 0.328 e. The Balaban J connectivity index is 3.23. The highest BCUT2D eigenvalue weighted by atomic mass is 16.5. The molecule has 19 heteroatoms. The molecule has 10 N–H and O–H groups in total. The van der Waals surface area contributed by atoms with Crippen LogP contribution in [-0.4, -0.2) is 138 Å². The number of esters is 1. The van der Waals surface area contributed by atoms with Crippen LogP contribution in [0.2, 0.25) is 0 Å². The number of nitrogens with zero attached hydrogens (tertiary/aromatic N) is 1. The van der Waals surface area contributed by atoms with E-state index in [1.54, 1.807) is 32.6 Å². The first kappa shape index (κ1) is 51.7. The number of methoxy groups -OCH3 is 1. The number of aliphatic hydroxyl groups is 2. The van der Waals surface area contributed by atoms with E-state index < -0.39 is 109 Å². The van der Waals surface area contributed by atoms with Crippen LogP contribution in [-0.2, 0) is 43.1 Å². The molecule has 0 aromatic heterocycles. The van der Waals surface area contributed by atoms with E-state index in [4.69, 9.17) is 10.5 Å². The minimum Gasteiger partial charge on any atom is -0.467 e.